The number of rotatable bonds is 5. The van der Waals surface area contributed by atoms with Gasteiger partial charge in [-0.2, -0.15) is 0 Å². The van der Waals surface area contributed by atoms with Gasteiger partial charge >= 0.3 is 0 Å². The second kappa shape index (κ2) is 6.10. The zero-order valence-electron chi connectivity index (χ0n) is 11.8. The van der Waals surface area contributed by atoms with Crippen molar-refractivity contribution >= 4 is 5.91 Å². The van der Waals surface area contributed by atoms with Gasteiger partial charge in [-0.1, -0.05) is 0 Å². The standard InChI is InChI=1S/C16H19F2NO2/c17-12-3-4-14(18)13(8-12)16(11-1-2-11)19-15(20)7-10-5-6-21-9-10/h3-4,8,10-11,16H,1-2,5-7,9H2,(H,19,20). The van der Waals surface area contributed by atoms with E-state index >= 15 is 0 Å². The predicted octanol–water partition coefficient (Wildman–Crippen LogP) is 2.96. The van der Waals surface area contributed by atoms with E-state index in [4.69, 9.17) is 4.74 Å². The van der Waals surface area contributed by atoms with Crippen molar-refractivity contribution in [2.75, 3.05) is 13.2 Å². The summed E-state index contributed by atoms with van der Waals surface area (Å²) < 4.78 is 32.5. The van der Waals surface area contributed by atoms with E-state index in [0.717, 1.165) is 31.4 Å². The average Bonchev–Trinajstić information content (AvgIpc) is 3.17. The fourth-order valence-corrected chi connectivity index (χ4v) is 2.87. The molecule has 1 saturated carbocycles. The lowest BCUT2D eigenvalue weighted by atomic mass is 9.99. The fourth-order valence-electron chi connectivity index (χ4n) is 2.87. The zero-order chi connectivity index (χ0) is 14.8. The molecule has 0 aromatic heterocycles. The zero-order valence-corrected chi connectivity index (χ0v) is 11.8. The first-order valence-corrected chi connectivity index (χ1v) is 7.45. The van der Waals surface area contributed by atoms with E-state index in [0.29, 0.717) is 19.6 Å². The molecule has 1 aliphatic carbocycles. The summed E-state index contributed by atoms with van der Waals surface area (Å²) in [5, 5.41) is 2.89. The minimum absolute atomic E-state index is 0.105. The molecule has 2 fully saturated rings. The summed E-state index contributed by atoms with van der Waals surface area (Å²) in [6, 6.07) is 2.99. The van der Waals surface area contributed by atoms with Gasteiger partial charge < -0.3 is 10.1 Å². The Morgan fingerprint density at radius 2 is 2.14 bits per heavy atom. The van der Waals surface area contributed by atoms with Gasteiger partial charge in [0.15, 0.2) is 0 Å². The van der Waals surface area contributed by atoms with Crippen molar-refractivity contribution in [2.45, 2.75) is 31.7 Å². The van der Waals surface area contributed by atoms with E-state index in [9.17, 15) is 13.6 Å². The van der Waals surface area contributed by atoms with Crippen molar-refractivity contribution in [1.82, 2.24) is 5.32 Å². The lowest BCUT2D eigenvalue weighted by Crippen LogP contribution is -2.32. The Morgan fingerprint density at radius 3 is 2.81 bits per heavy atom. The van der Waals surface area contributed by atoms with Crippen LogP contribution in [0.2, 0.25) is 0 Å². The third kappa shape index (κ3) is 3.59. The maximum absolute atomic E-state index is 13.9. The van der Waals surface area contributed by atoms with E-state index in [-0.39, 0.29) is 23.3 Å². The van der Waals surface area contributed by atoms with Crippen LogP contribution in [0.4, 0.5) is 8.78 Å². The Bertz CT molecular complexity index is 525. The summed E-state index contributed by atoms with van der Waals surface area (Å²) in [4.78, 5) is 12.1. The molecule has 3 nitrogen and oxygen atoms in total. The number of hydrogen-bond donors (Lipinski definition) is 1. The minimum Gasteiger partial charge on any atom is -0.381 e. The Hall–Kier alpha value is -1.49. The number of ether oxygens (including phenoxy) is 1. The molecule has 1 aromatic rings. The van der Waals surface area contributed by atoms with Crippen molar-refractivity contribution in [3.8, 4) is 0 Å². The molecule has 0 bridgehead atoms. The van der Waals surface area contributed by atoms with Crippen molar-refractivity contribution < 1.29 is 18.3 Å². The topological polar surface area (TPSA) is 38.3 Å². The van der Waals surface area contributed by atoms with Gasteiger partial charge in [-0.25, -0.2) is 8.78 Å². The second-order valence-corrected chi connectivity index (χ2v) is 5.98. The van der Waals surface area contributed by atoms with Crippen molar-refractivity contribution in [3.05, 3.63) is 35.4 Å². The lowest BCUT2D eigenvalue weighted by molar-refractivity contribution is -0.123. The molecule has 114 valence electrons. The summed E-state index contributed by atoms with van der Waals surface area (Å²) in [7, 11) is 0. The Balaban J connectivity index is 1.69. The molecule has 3 rings (SSSR count). The number of carbonyl (C=O) groups is 1. The summed E-state index contributed by atoms with van der Waals surface area (Å²) >= 11 is 0. The van der Waals surface area contributed by atoms with Crippen LogP contribution in [0.25, 0.3) is 0 Å². The van der Waals surface area contributed by atoms with E-state index in [1.807, 2.05) is 0 Å². The number of amides is 1. The molecular weight excluding hydrogens is 276 g/mol. The molecule has 1 N–H and O–H groups in total. The molecule has 2 unspecified atom stereocenters. The van der Waals surface area contributed by atoms with Gasteiger partial charge in [-0.05, 0) is 49.3 Å². The number of benzene rings is 1. The number of nitrogens with one attached hydrogen (secondary N) is 1. The summed E-state index contributed by atoms with van der Waals surface area (Å²) in [5.41, 5.74) is 0.258. The first-order chi connectivity index (χ1) is 10.1. The molecule has 0 radical (unpaired) electrons. The fraction of sp³-hybridized carbons (Fsp3) is 0.562. The smallest absolute Gasteiger partial charge is 0.220 e. The van der Waals surface area contributed by atoms with Crippen LogP contribution in [0.5, 0.6) is 0 Å². The predicted molar refractivity (Wildman–Crippen MR) is 73.5 cm³/mol. The van der Waals surface area contributed by atoms with Gasteiger partial charge in [-0.3, -0.25) is 4.79 Å². The summed E-state index contributed by atoms with van der Waals surface area (Å²) in [5.74, 6) is -0.591. The first kappa shape index (κ1) is 14.4. The molecule has 2 aliphatic rings. The molecule has 0 spiro atoms. The van der Waals surface area contributed by atoms with E-state index in [2.05, 4.69) is 5.32 Å². The maximum atomic E-state index is 13.9. The number of halogens is 2. The van der Waals surface area contributed by atoms with E-state index in [1.54, 1.807) is 0 Å². The van der Waals surface area contributed by atoms with Crippen LogP contribution in [0.3, 0.4) is 0 Å². The molecule has 5 heteroatoms. The molecule has 1 saturated heterocycles. The first-order valence-electron chi connectivity index (χ1n) is 7.45. The monoisotopic (exact) mass is 295 g/mol. The molecule has 1 amide bonds. The third-order valence-electron chi connectivity index (χ3n) is 4.20. The molecule has 21 heavy (non-hydrogen) atoms. The second-order valence-electron chi connectivity index (χ2n) is 5.98. The van der Waals surface area contributed by atoms with Crippen LogP contribution >= 0.6 is 0 Å². The Labute approximate surface area is 122 Å². The van der Waals surface area contributed by atoms with Crippen LogP contribution in [0, 0.1) is 23.5 Å². The van der Waals surface area contributed by atoms with Gasteiger partial charge in [0.05, 0.1) is 6.04 Å². The van der Waals surface area contributed by atoms with Crippen LogP contribution < -0.4 is 5.32 Å². The molecule has 1 heterocycles. The Morgan fingerprint density at radius 1 is 1.33 bits per heavy atom. The molecular formula is C16H19F2NO2. The lowest BCUT2D eigenvalue weighted by Gasteiger charge is -2.20. The number of hydrogen-bond acceptors (Lipinski definition) is 2. The summed E-state index contributed by atoms with van der Waals surface area (Å²) in [6.45, 7) is 1.30. The van der Waals surface area contributed by atoms with Gasteiger partial charge in [0.1, 0.15) is 11.6 Å². The minimum atomic E-state index is -0.476. The molecule has 1 aliphatic heterocycles. The largest absolute Gasteiger partial charge is 0.381 e. The molecule has 2 atom stereocenters. The van der Waals surface area contributed by atoms with Crippen LogP contribution in [0.15, 0.2) is 18.2 Å². The Kier molecular flexibility index (Phi) is 4.19. The van der Waals surface area contributed by atoms with Crippen molar-refractivity contribution in [3.63, 3.8) is 0 Å². The molecule has 1 aromatic carbocycles. The maximum Gasteiger partial charge on any atom is 0.220 e. The third-order valence-corrected chi connectivity index (χ3v) is 4.20. The van der Waals surface area contributed by atoms with Crippen LogP contribution in [0.1, 0.15) is 37.3 Å². The van der Waals surface area contributed by atoms with E-state index < -0.39 is 17.7 Å². The average molecular weight is 295 g/mol. The highest BCUT2D eigenvalue weighted by Gasteiger charge is 2.35. The van der Waals surface area contributed by atoms with Crippen molar-refractivity contribution in [1.29, 1.82) is 0 Å². The van der Waals surface area contributed by atoms with E-state index in [1.165, 1.54) is 6.07 Å². The highest BCUT2D eigenvalue weighted by atomic mass is 19.1. The SMILES string of the molecule is O=C(CC1CCOC1)NC(c1cc(F)ccc1F)C1CC1. The van der Waals surface area contributed by atoms with Crippen molar-refractivity contribution in [2.24, 2.45) is 11.8 Å². The van der Waals surface area contributed by atoms with Gasteiger partial charge in [0.25, 0.3) is 0 Å². The highest BCUT2D eigenvalue weighted by Crippen LogP contribution is 2.42. The number of carbonyl (C=O) groups excluding carboxylic acids is 1. The highest BCUT2D eigenvalue weighted by molar-refractivity contribution is 5.76. The van der Waals surface area contributed by atoms with Crippen LogP contribution in [-0.2, 0) is 9.53 Å². The van der Waals surface area contributed by atoms with Crippen LogP contribution in [-0.4, -0.2) is 19.1 Å². The van der Waals surface area contributed by atoms with Gasteiger partial charge in [0.2, 0.25) is 5.91 Å². The summed E-state index contributed by atoms with van der Waals surface area (Å²) in [6.07, 6.45) is 3.15. The van der Waals surface area contributed by atoms with Gasteiger partial charge in [0, 0.05) is 25.2 Å². The van der Waals surface area contributed by atoms with Gasteiger partial charge in [-0.15, -0.1) is 0 Å². The normalized spacial score (nSPS) is 23.0. The quantitative estimate of drug-likeness (QED) is 0.907.